The van der Waals surface area contributed by atoms with Gasteiger partial charge in [-0.1, -0.05) is 31.4 Å². The fourth-order valence-electron chi connectivity index (χ4n) is 5.86. The van der Waals surface area contributed by atoms with Crippen LogP contribution in [0.2, 0.25) is 0 Å². The van der Waals surface area contributed by atoms with Gasteiger partial charge in [-0.3, -0.25) is 0 Å². The number of benzene rings is 1. The molecule has 4 rings (SSSR count). The average molecular weight is 599 g/mol. The molecular formula is C30H46O12. The van der Waals surface area contributed by atoms with Gasteiger partial charge in [0.25, 0.3) is 0 Å². The normalized spacial score (nSPS) is 37.3. The predicted molar refractivity (Wildman–Crippen MR) is 149 cm³/mol. The number of rotatable bonds is 11. The Hall–Kier alpha value is -1.84. The SMILES string of the molecule is CCCCCc1cc(O[C@@H]2O[C@H](CO)[C@@H](O)[C@H](O)[C@H]2O)c([C@@H]2C=C(C)CCC2)c(O[C@@H]2O[C@H](CO)[C@@H](O)[C@H](O)[C@H]2O)c1. The maximum absolute atomic E-state index is 10.7. The van der Waals surface area contributed by atoms with Crippen molar-refractivity contribution in [2.45, 2.75) is 126 Å². The van der Waals surface area contributed by atoms with Crippen LogP contribution in [0.25, 0.3) is 0 Å². The van der Waals surface area contributed by atoms with E-state index in [0.717, 1.165) is 49.7 Å². The molecule has 0 radical (unpaired) electrons. The molecule has 0 spiro atoms. The summed E-state index contributed by atoms with van der Waals surface area (Å²) < 4.78 is 23.8. The topological polar surface area (TPSA) is 199 Å². The standard InChI is InChI=1S/C30H46O12/c1-3-4-5-8-16-11-18(39-29-27(37)25(35)23(33)20(13-31)41-29)22(17-9-6-7-15(2)10-17)19(12-16)40-30-28(38)26(36)24(34)21(14-32)42-30/h10-12,17,20-21,23-38H,3-9,13-14H2,1-2H3/t17-,20+,21+,23+,24+,25-,26-,27+,28+,29+,30+/m0/s1. The summed E-state index contributed by atoms with van der Waals surface area (Å²) in [5.74, 6) is 0.343. The largest absolute Gasteiger partial charge is 0.462 e. The third-order valence-electron chi connectivity index (χ3n) is 8.36. The predicted octanol–water partition coefficient (Wildman–Crippen LogP) is -0.00950. The fraction of sp³-hybridized carbons (Fsp3) is 0.733. The molecule has 12 heteroatoms. The number of aryl methyl sites for hydroxylation is 1. The van der Waals surface area contributed by atoms with Crippen molar-refractivity contribution in [2.75, 3.05) is 13.2 Å². The van der Waals surface area contributed by atoms with Crippen molar-refractivity contribution < 1.29 is 59.8 Å². The first-order chi connectivity index (χ1) is 20.1. The third-order valence-corrected chi connectivity index (χ3v) is 8.36. The van der Waals surface area contributed by atoms with Crippen LogP contribution in [-0.4, -0.2) is 115 Å². The Balaban J connectivity index is 1.78. The van der Waals surface area contributed by atoms with E-state index >= 15 is 0 Å². The number of hydrogen-bond donors (Lipinski definition) is 8. The van der Waals surface area contributed by atoms with Gasteiger partial charge in [-0.25, -0.2) is 0 Å². The minimum absolute atomic E-state index is 0.219. The third kappa shape index (κ3) is 7.27. The van der Waals surface area contributed by atoms with Gasteiger partial charge < -0.3 is 59.8 Å². The van der Waals surface area contributed by atoms with Gasteiger partial charge in [0.05, 0.1) is 13.2 Å². The Kier molecular flexibility index (Phi) is 11.6. The van der Waals surface area contributed by atoms with E-state index in [0.29, 0.717) is 12.0 Å². The van der Waals surface area contributed by atoms with Crippen LogP contribution in [-0.2, 0) is 15.9 Å². The molecule has 238 valence electrons. The lowest BCUT2D eigenvalue weighted by atomic mass is 9.84. The van der Waals surface area contributed by atoms with Crippen LogP contribution in [0.1, 0.15) is 69.4 Å². The quantitative estimate of drug-likeness (QED) is 0.125. The summed E-state index contributed by atoms with van der Waals surface area (Å²) in [4.78, 5) is 0. The maximum atomic E-state index is 10.7. The van der Waals surface area contributed by atoms with Crippen LogP contribution in [0.3, 0.4) is 0 Å². The second-order valence-corrected chi connectivity index (χ2v) is 11.6. The minimum Gasteiger partial charge on any atom is -0.462 e. The molecule has 0 saturated carbocycles. The smallest absolute Gasteiger partial charge is 0.229 e. The van der Waals surface area contributed by atoms with Crippen molar-refractivity contribution in [3.05, 3.63) is 34.9 Å². The van der Waals surface area contributed by atoms with E-state index in [1.165, 1.54) is 0 Å². The van der Waals surface area contributed by atoms with Crippen molar-refractivity contribution in [3.8, 4) is 11.5 Å². The van der Waals surface area contributed by atoms with E-state index in [4.69, 9.17) is 18.9 Å². The summed E-state index contributed by atoms with van der Waals surface area (Å²) in [7, 11) is 0. The average Bonchev–Trinajstić information content (AvgIpc) is 2.97. The molecule has 2 aliphatic heterocycles. The van der Waals surface area contributed by atoms with Gasteiger partial charge >= 0.3 is 0 Å². The Labute approximate surface area is 245 Å². The first-order valence-electron chi connectivity index (χ1n) is 14.9. The van der Waals surface area contributed by atoms with Crippen LogP contribution >= 0.6 is 0 Å². The lowest BCUT2D eigenvalue weighted by molar-refractivity contribution is -0.279. The molecule has 1 aliphatic carbocycles. The summed E-state index contributed by atoms with van der Waals surface area (Å²) >= 11 is 0. The molecule has 2 saturated heterocycles. The molecule has 2 heterocycles. The van der Waals surface area contributed by atoms with Gasteiger partial charge in [0.1, 0.15) is 60.3 Å². The number of hydrogen-bond acceptors (Lipinski definition) is 12. The van der Waals surface area contributed by atoms with Crippen molar-refractivity contribution in [1.82, 2.24) is 0 Å². The fourth-order valence-corrected chi connectivity index (χ4v) is 5.86. The highest BCUT2D eigenvalue weighted by Crippen LogP contribution is 2.44. The zero-order valence-corrected chi connectivity index (χ0v) is 24.2. The highest BCUT2D eigenvalue weighted by molar-refractivity contribution is 5.52. The van der Waals surface area contributed by atoms with E-state index in [2.05, 4.69) is 13.0 Å². The van der Waals surface area contributed by atoms with Gasteiger partial charge in [-0.2, -0.15) is 0 Å². The second kappa shape index (κ2) is 14.8. The summed E-state index contributed by atoms with van der Waals surface area (Å²) in [6, 6.07) is 3.62. The molecule has 1 aromatic rings. The highest BCUT2D eigenvalue weighted by atomic mass is 16.7. The first kappa shape index (κ1) is 33.1. The van der Waals surface area contributed by atoms with E-state index in [1.807, 2.05) is 19.1 Å². The number of unbranched alkanes of at least 4 members (excludes halogenated alkanes) is 2. The van der Waals surface area contributed by atoms with Crippen molar-refractivity contribution in [3.63, 3.8) is 0 Å². The monoisotopic (exact) mass is 598 g/mol. The van der Waals surface area contributed by atoms with Gasteiger partial charge in [-0.05, 0) is 56.7 Å². The molecule has 0 bridgehead atoms. The first-order valence-corrected chi connectivity index (χ1v) is 14.9. The Morgan fingerprint density at radius 1 is 0.762 bits per heavy atom. The van der Waals surface area contributed by atoms with Gasteiger partial charge in [0.2, 0.25) is 12.6 Å². The maximum Gasteiger partial charge on any atom is 0.229 e. The molecule has 0 unspecified atom stereocenters. The van der Waals surface area contributed by atoms with Gasteiger partial charge in [0, 0.05) is 11.5 Å². The molecule has 2 fully saturated rings. The molecule has 11 atom stereocenters. The van der Waals surface area contributed by atoms with E-state index < -0.39 is 74.6 Å². The van der Waals surface area contributed by atoms with Gasteiger partial charge in [-0.15, -0.1) is 0 Å². The van der Waals surface area contributed by atoms with Crippen LogP contribution in [0, 0.1) is 0 Å². The molecule has 3 aliphatic rings. The number of aliphatic hydroxyl groups excluding tert-OH is 8. The van der Waals surface area contributed by atoms with Crippen molar-refractivity contribution in [2.24, 2.45) is 0 Å². The zero-order valence-electron chi connectivity index (χ0n) is 24.2. The number of allylic oxidation sites excluding steroid dienone is 2. The molecule has 42 heavy (non-hydrogen) atoms. The van der Waals surface area contributed by atoms with Crippen LogP contribution in [0.4, 0.5) is 0 Å². The summed E-state index contributed by atoms with van der Waals surface area (Å²) in [6.07, 6.45) is -6.72. The summed E-state index contributed by atoms with van der Waals surface area (Å²) in [5, 5.41) is 82.1. The van der Waals surface area contributed by atoms with E-state index in [1.54, 1.807) is 0 Å². The molecule has 0 aromatic heterocycles. The number of aliphatic hydroxyl groups is 8. The summed E-state index contributed by atoms with van der Waals surface area (Å²) in [6.45, 7) is 2.89. The summed E-state index contributed by atoms with van der Waals surface area (Å²) in [5.41, 5.74) is 2.51. The van der Waals surface area contributed by atoms with Crippen LogP contribution < -0.4 is 9.47 Å². The molecule has 1 aromatic carbocycles. The minimum atomic E-state index is -1.63. The van der Waals surface area contributed by atoms with Crippen LogP contribution in [0.5, 0.6) is 11.5 Å². The van der Waals surface area contributed by atoms with E-state index in [9.17, 15) is 40.9 Å². The lowest BCUT2D eigenvalue weighted by Crippen LogP contribution is -2.60. The Morgan fingerprint density at radius 3 is 1.74 bits per heavy atom. The lowest BCUT2D eigenvalue weighted by Gasteiger charge is -2.41. The molecule has 12 nitrogen and oxygen atoms in total. The van der Waals surface area contributed by atoms with Crippen molar-refractivity contribution >= 4 is 0 Å². The van der Waals surface area contributed by atoms with Gasteiger partial charge in [0.15, 0.2) is 0 Å². The Morgan fingerprint density at radius 2 is 1.29 bits per heavy atom. The molecular weight excluding hydrogens is 552 g/mol. The highest BCUT2D eigenvalue weighted by Gasteiger charge is 2.47. The second-order valence-electron chi connectivity index (χ2n) is 11.6. The van der Waals surface area contributed by atoms with Crippen molar-refractivity contribution in [1.29, 1.82) is 0 Å². The van der Waals surface area contributed by atoms with Crippen LogP contribution in [0.15, 0.2) is 23.8 Å². The van der Waals surface area contributed by atoms with E-state index in [-0.39, 0.29) is 17.4 Å². The number of ether oxygens (including phenoxy) is 4. The Bertz CT molecular complexity index is 986. The zero-order chi connectivity index (χ0) is 30.6. The molecule has 8 N–H and O–H groups in total. The molecule has 0 amide bonds.